The number of aromatic nitrogens is 2. The van der Waals surface area contributed by atoms with Crippen molar-refractivity contribution in [2.24, 2.45) is 0 Å². The minimum Gasteiger partial charge on any atom is -0.748 e. The number of unbranched alkanes of at least 4 members (excludes halogenated alkanes) is 2. The summed E-state index contributed by atoms with van der Waals surface area (Å²) in [5.41, 5.74) is 3.47. The van der Waals surface area contributed by atoms with Crippen LogP contribution in [0.2, 0.25) is 0 Å². The largest absolute Gasteiger partial charge is 1.00 e. The molecule has 0 radical (unpaired) electrons. The van der Waals surface area contributed by atoms with Gasteiger partial charge in [-0.25, -0.2) is 16.8 Å². The van der Waals surface area contributed by atoms with Crippen LogP contribution in [0.4, 0.5) is 0 Å². The Balaban J connectivity index is 0.00000271. The topological polar surface area (TPSA) is 141 Å². The van der Waals surface area contributed by atoms with Crippen molar-refractivity contribution in [3.8, 4) is 0 Å². The van der Waals surface area contributed by atoms with Crippen LogP contribution in [0.25, 0.3) is 55.5 Å². The van der Waals surface area contributed by atoms with E-state index in [1.807, 2.05) is 60.7 Å². The third-order valence-electron chi connectivity index (χ3n) is 9.89. The van der Waals surface area contributed by atoms with Crippen LogP contribution in [-0.4, -0.2) is 52.4 Å². The predicted octanol–water partition coefficient (Wildman–Crippen LogP) is -0.134. The summed E-state index contributed by atoms with van der Waals surface area (Å²) in [6.07, 6.45) is 11.5. The predicted molar refractivity (Wildman–Crippen MR) is 201 cm³/mol. The second-order valence-electron chi connectivity index (χ2n) is 13.3. The van der Waals surface area contributed by atoms with Gasteiger partial charge < -0.3 is 18.2 Å². The van der Waals surface area contributed by atoms with Gasteiger partial charge in [0.25, 0.3) is 0 Å². The molecule has 9 nitrogen and oxygen atoms in total. The van der Waals surface area contributed by atoms with E-state index in [1.165, 1.54) is 0 Å². The normalized spacial score (nSPS) is 16.5. The Morgan fingerprint density at radius 2 is 0.962 bits per heavy atom. The standard InChI is InChI=1S/C40H40N2O7S2.2Na/c43-40-30(20-22-34-32-16-6-10-28-12-8-18-36(38(28)32)41(34)24-1-3-26-50(44,45)46)14-5-15-31(40)21-23-35-33-17-7-11-29-13-9-19-37(39(29)33)42(35)25-2-4-27-51(47,48)49;;/h6-13,16-23H,1-5,14-15,24-27H2,(H,44,45,46)(H,47,48,49);;/q;2*+1/p-2/b30-20-,31-21+,34-22-,35-23-;;. The van der Waals surface area contributed by atoms with E-state index < -0.39 is 31.7 Å². The maximum Gasteiger partial charge on any atom is 1.00 e. The zero-order valence-electron chi connectivity index (χ0n) is 30.1. The fraction of sp³-hybridized carbons (Fsp3) is 0.275. The number of aryl methyl sites for hydroxylation is 2. The summed E-state index contributed by atoms with van der Waals surface area (Å²) in [5, 5.41) is 8.35. The molecule has 0 unspecified atom stereocenters. The van der Waals surface area contributed by atoms with E-state index in [4.69, 9.17) is 0 Å². The molecule has 1 saturated carbocycles. The van der Waals surface area contributed by atoms with Crippen LogP contribution in [0.1, 0.15) is 44.9 Å². The maximum absolute atomic E-state index is 13.9. The van der Waals surface area contributed by atoms with Crippen molar-refractivity contribution in [1.29, 1.82) is 0 Å². The average molecular weight is 769 g/mol. The molecule has 2 aromatic heterocycles. The van der Waals surface area contributed by atoms with Crippen LogP contribution in [0, 0.1) is 0 Å². The second kappa shape index (κ2) is 17.5. The number of carbonyl (C=O) groups excluding carboxylic acids is 1. The first-order chi connectivity index (χ1) is 24.5. The van der Waals surface area contributed by atoms with Crippen molar-refractivity contribution in [2.75, 3.05) is 11.5 Å². The Kier molecular flexibility index (Phi) is 13.7. The fourth-order valence-electron chi connectivity index (χ4n) is 7.59. The first-order valence-electron chi connectivity index (χ1n) is 17.3. The molecule has 53 heavy (non-hydrogen) atoms. The molecule has 6 aromatic rings. The van der Waals surface area contributed by atoms with E-state index >= 15 is 0 Å². The number of nitrogens with zero attached hydrogens (tertiary/aromatic N) is 2. The maximum atomic E-state index is 13.9. The van der Waals surface area contributed by atoms with Gasteiger partial charge in [0.2, 0.25) is 0 Å². The smallest absolute Gasteiger partial charge is 0.748 e. The van der Waals surface area contributed by atoms with Gasteiger partial charge in [0.1, 0.15) is 0 Å². The first kappa shape index (κ1) is 41.6. The molecule has 1 aliphatic carbocycles. The number of rotatable bonds is 12. The SMILES string of the molecule is O=C1/C(=C\C=c2\c3cccc4cccc(c43)n2CCCCS(=O)(=O)[O-])CCC/C1=C\C=c1\c2cccc3cccc(c32)n1CCCCS(=O)(=O)[O-].[Na+].[Na+]. The van der Waals surface area contributed by atoms with Crippen molar-refractivity contribution >= 4 is 81.5 Å². The van der Waals surface area contributed by atoms with Gasteiger partial charge in [-0.1, -0.05) is 72.8 Å². The van der Waals surface area contributed by atoms with Crippen molar-refractivity contribution in [1.82, 2.24) is 9.13 Å². The molecule has 13 heteroatoms. The minimum atomic E-state index is -4.28. The molecular weight excluding hydrogens is 731 g/mol. The van der Waals surface area contributed by atoms with Crippen LogP contribution in [0.15, 0.2) is 96.1 Å². The van der Waals surface area contributed by atoms with Crippen molar-refractivity contribution in [2.45, 2.75) is 58.0 Å². The van der Waals surface area contributed by atoms with Crippen LogP contribution < -0.4 is 69.8 Å². The Morgan fingerprint density at radius 1 is 0.566 bits per heavy atom. The van der Waals surface area contributed by atoms with Gasteiger partial charge in [0, 0.05) is 67.9 Å². The van der Waals surface area contributed by atoms with E-state index in [0.29, 0.717) is 49.9 Å². The molecule has 7 rings (SSSR count). The fourth-order valence-corrected chi connectivity index (χ4v) is 8.70. The molecule has 0 aliphatic heterocycles. The van der Waals surface area contributed by atoms with Gasteiger partial charge in [-0.15, -0.1) is 0 Å². The molecule has 0 N–H and O–H groups in total. The second-order valence-corrected chi connectivity index (χ2v) is 16.3. The first-order valence-corrected chi connectivity index (χ1v) is 20.5. The molecule has 0 atom stereocenters. The van der Waals surface area contributed by atoms with E-state index in [-0.39, 0.29) is 77.7 Å². The van der Waals surface area contributed by atoms with Crippen LogP contribution in [-0.2, 0) is 38.1 Å². The number of Topliss-reactive ketones (excluding diaryl/α,β-unsaturated/α-hetero) is 1. The summed E-state index contributed by atoms with van der Waals surface area (Å²) >= 11 is 0. The van der Waals surface area contributed by atoms with Crippen LogP contribution in [0.3, 0.4) is 0 Å². The summed E-state index contributed by atoms with van der Waals surface area (Å²) in [4.78, 5) is 13.9. The summed E-state index contributed by atoms with van der Waals surface area (Å²) in [5.74, 6) is -0.797. The van der Waals surface area contributed by atoms with Gasteiger partial charge in [-0.05, 0) is 91.1 Å². The molecule has 264 valence electrons. The zero-order valence-corrected chi connectivity index (χ0v) is 35.7. The Hall–Kier alpha value is -2.55. The third kappa shape index (κ3) is 9.29. The van der Waals surface area contributed by atoms with Gasteiger partial charge >= 0.3 is 59.1 Å². The molecule has 0 amide bonds. The van der Waals surface area contributed by atoms with Crippen molar-refractivity contribution in [3.63, 3.8) is 0 Å². The Labute approximate surface area is 353 Å². The molecule has 4 aromatic carbocycles. The number of carbonyl (C=O) groups is 1. The van der Waals surface area contributed by atoms with E-state index in [9.17, 15) is 30.7 Å². The van der Waals surface area contributed by atoms with Gasteiger partial charge in [0.05, 0.1) is 20.2 Å². The van der Waals surface area contributed by atoms with E-state index in [2.05, 4.69) is 45.5 Å². The molecule has 0 bridgehead atoms. The monoisotopic (exact) mass is 768 g/mol. The summed E-state index contributed by atoms with van der Waals surface area (Å²) in [6, 6.07) is 24.4. The van der Waals surface area contributed by atoms with Crippen LogP contribution >= 0.6 is 0 Å². The Bertz CT molecular complexity index is 2520. The van der Waals surface area contributed by atoms with Gasteiger partial charge in [-0.3, -0.25) is 4.79 Å². The average Bonchev–Trinajstić information content (AvgIpc) is 3.57. The minimum absolute atomic E-state index is 0. The molecule has 1 fully saturated rings. The number of benzene rings is 4. The molecular formula is C40H38N2Na2O7S2. The number of hydrogen-bond donors (Lipinski definition) is 0. The van der Waals surface area contributed by atoms with Crippen molar-refractivity contribution < 1.29 is 89.9 Å². The number of allylic oxidation sites excluding steroid dienone is 4. The molecule has 1 aliphatic rings. The van der Waals surface area contributed by atoms with Gasteiger partial charge in [-0.2, -0.15) is 0 Å². The number of ketones is 1. The third-order valence-corrected chi connectivity index (χ3v) is 11.5. The summed E-state index contributed by atoms with van der Waals surface area (Å²) in [7, 11) is -8.57. The molecule has 0 spiro atoms. The molecule has 2 heterocycles. The van der Waals surface area contributed by atoms with Crippen LogP contribution in [0.5, 0.6) is 0 Å². The zero-order chi connectivity index (χ0) is 35.8. The van der Waals surface area contributed by atoms with Gasteiger partial charge in [0.15, 0.2) is 5.78 Å². The van der Waals surface area contributed by atoms with Crippen molar-refractivity contribution in [3.05, 3.63) is 107 Å². The Morgan fingerprint density at radius 3 is 1.36 bits per heavy atom. The summed E-state index contributed by atoms with van der Waals surface area (Å²) in [6.45, 7) is 1.06. The van der Waals surface area contributed by atoms with E-state index in [0.717, 1.165) is 60.5 Å². The molecule has 0 saturated heterocycles. The summed E-state index contributed by atoms with van der Waals surface area (Å²) < 4.78 is 71.6. The quantitative estimate of drug-likeness (QED) is 0.0732. The number of hydrogen-bond acceptors (Lipinski definition) is 7. The van der Waals surface area contributed by atoms with E-state index in [1.54, 1.807) is 0 Å².